The van der Waals surface area contributed by atoms with Crippen molar-refractivity contribution >= 4 is 18.5 Å². The number of carbonyl (C=O) groups is 1. The van der Waals surface area contributed by atoms with Crippen molar-refractivity contribution in [1.82, 2.24) is 29.3 Å². The Labute approximate surface area is 259 Å². The van der Waals surface area contributed by atoms with Crippen molar-refractivity contribution < 1.29 is 22.7 Å². The van der Waals surface area contributed by atoms with Gasteiger partial charge in [0.2, 0.25) is 11.8 Å². The third-order valence-electron chi connectivity index (χ3n) is 8.38. The molecule has 3 aromatic rings. The average molecular weight is 621 g/mol. The van der Waals surface area contributed by atoms with E-state index >= 15 is 0 Å². The first-order valence-corrected chi connectivity index (χ1v) is 15.0. The lowest BCUT2D eigenvalue weighted by atomic mass is 10.00. The zero-order valence-electron chi connectivity index (χ0n) is 25.7. The van der Waals surface area contributed by atoms with Crippen molar-refractivity contribution in [3.8, 4) is 17.3 Å². The van der Waals surface area contributed by atoms with E-state index in [0.29, 0.717) is 66.1 Å². The van der Waals surface area contributed by atoms with E-state index in [2.05, 4.69) is 26.7 Å². The Morgan fingerprint density at radius 3 is 2.67 bits per heavy atom. The maximum atomic E-state index is 13.4. The number of allylic oxidation sites excluding steroid dienone is 1. The van der Waals surface area contributed by atoms with Gasteiger partial charge in [0.1, 0.15) is 17.7 Å². The van der Waals surface area contributed by atoms with Crippen LogP contribution in [0.25, 0.3) is 11.4 Å². The van der Waals surface area contributed by atoms with Crippen molar-refractivity contribution in [1.29, 1.82) is 0 Å². The Hall–Kier alpha value is -4.55. The predicted molar refractivity (Wildman–Crippen MR) is 163 cm³/mol. The molecule has 1 fully saturated rings. The number of hydrogen-bond donors (Lipinski definition) is 0. The summed E-state index contributed by atoms with van der Waals surface area (Å²) in [6.07, 6.45) is 1.41. The van der Waals surface area contributed by atoms with Crippen LogP contribution in [0.15, 0.2) is 52.2 Å². The molecular formula is C32H35F3N8O2. The molecule has 0 unspecified atom stereocenters. The Balaban J connectivity index is 1.40. The Bertz CT molecular complexity index is 1720. The number of amidine groups is 1. The number of halogens is 3. The third-order valence-corrected chi connectivity index (χ3v) is 8.38. The Kier molecular flexibility index (Phi) is 7.96. The molecule has 6 rings (SSSR count). The first kappa shape index (κ1) is 30.5. The standard InChI is InChI=1S/C32H35F3N8O2/c1-18(2)43-19(3)29(40-28(36-4)26-27(21-9-10-21)37-17-38-31(26)45-5)42(16-25(43)44)14-20-8-11-23-22(13-20)7-6-12-41-15-24(32(33,34)35)39-30(23)41/h8,11,13,15,17-18,21H,4,6-7,9-10,12,14,16H2,1-3,5H3/b40-28-. The van der Waals surface area contributed by atoms with Crippen molar-refractivity contribution in [3.05, 3.63) is 70.3 Å². The van der Waals surface area contributed by atoms with Gasteiger partial charge >= 0.3 is 6.18 Å². The summed E-state index contributed by atoms with van der Waals surface area (Å²) in [5, 5.41) is 0. The number of aromatic nitrogens is 4. The summed E-state index contributed by atoms with van der Waals surface area (Å²) in [5.74, 6) is 1.73. The Morgan fingerprint density at radius 2 is 2.00 bits per heavy atom. The van der Waals surface area contributed by atoms with Gasteiger partial charge in [0, 0.05) is 36.8 Å². The van der Waals surface area contributed by atoms with Crippen LogP contribution in [-0.4, -0.2) is 67.5 Å². The molecule has 4 heterocycles. The van der Waals surface area contributed by atoms with Gasteiger partial charge in [-0.25, -0.2) is 24.9 Å². The maximum Gasteiger partial charge on any atom is 0.434 e. The van der Waals surface area contributed by atoms with Crippen LogP contribution in [0.5, 0.6) is 5.88 Å². The minimum atomic E-state index is -4.51. The predicted octanol–water partition coefficient (Wildman–Crippen LogP) is 5.58. The number of benzene rings is 1. The molecule has 2 aromatic heterocycles. The monoisotopic (exact) mass is 620 g/mol. The van der Waals surface area contributed by atoms with Gasteiger partial charge in [-0.05, 0) is 64.3 Å². The number of nitrogens with zero attached hydrogens (tertiary/aromatic N) is 8. The molecule has 10 nitrogen and oxygen atoms in total. The molecular weight excluding hydrogens is 585 g/mol. The Morgan fingerprint density at radius 1 is 1.22 bits per heavy atom. The number of aliphatic imine (C=N–C) groups is 2. The van der Waals surface area contributed by atoms with E-state index in [-0.39, 0.29) is 24.4 Å². The van der Waals surface area contributed by atoms with Gasteiger partial charge < -0.3 is 19.1 Å². The third kappa shape index (κ3) is 5.83. The summed E-state index contributed by atoms with van der Waals surface area (Å²) < 4.78 is 47.5. The number of rotatable bonds is 7. The molecule has 0 saturated heterocycles. The van der Waals surface area contributed by atoms with Gasteiger partial charge in [0.05, 0.1) is 25.0 Å². The fourth-order valence-electron chi connectivity index (χ4n) is 6.25. The van der Waals surface area contributed by atoms with Gasteiger partial charge in [-0.2, -0.15) is 13.2 Å². The lowest BCUT2D eigenvalue weighted by Crippen LogP contribution is -2.47. The van der Waals surface area contributed by atoms with Gasteiger partial charge in [-0.1, -0.05) is 18.2 Å². The van der Waals surface area contributed by atoms with Crippen LogP contribution in [-0.2, 0) is 30.5 Å². The largest absolute Gasteiger partial charge is 0.480 e. The number of imidazole rings is 1. The second-order valence-corrected chi connectivity index (χ2v) is 11.9. The van der Waals surface area contributed by atoms with E-state index < -0.39 is 11.9 Å². The number of methoxy groups -OCH3 is 1. The second kappa shape index (κ2) is 11.8. The first-order chi connectivity index (χ1) is 21.5. The highest BCUT2D eigenvalue weighted by atomic mass is 19.4. The number of alkyl halides is 3. The molecule has 0 N–H and O–H groups in total. The zero-order chi connectivity index (χ0) is 32.0. The topological polar surface area (TPSA) is 101 Å². The molecule has 1 saturated carbocycles. The minimum Gasteiger partial charge on any atom is -0.480 e. The summed E-state index contributed by atoms with van der Waals surface area (Å²) in [6.45, 7) is 10.4. The van der Waals surface area contributed by atoms with Gasteiger partial charge in [0.25, 0.3) is 0 Å². The lowest BCUT2D eigenvalue weighted by molar-refractivity contribution is -0.141. The number of aryl methyl sites for hydroxylation is 2. The number of fused-ring (bicyclic) bond motifs is 3. The SMILES string of the molecule is C=N/C(=N\C1=C(C)N(C(C)C)C(=O)CN1Cc1ccc2c(c1)CCCn1cc(C(F)(F)F)nc1-2)c1c(OC)ncnc1C1CC1. The molecule has 1 amide bonds. The normalized spacial score (nSPS) is 17.4. The fourth-order valence-corrected chi connectivity index (χ4v) is 6.25. The quantitative estimate of drug-likeness (QED) is 0.253. The molecule has 0 bridgehead atoms. The highest BCUT2D eigenvalue weighted by Gasteiger charge is 2.37. The van der Waals surface area contributed by atoms with Crippen LogP contribution >= 0.6 is 0 Å². The van der Waals surface area contributed by atoms with E-state index in [9.17, 15) is 18.0 Å². The fraction of sp³-hybridized carbons (Fsp3) is 0.438. The summed E-state index contributed by atoms with van der Waals surface area (Å²) in [5.41, 5.74) is 3.66. The maximum absolute atomic E-state index is 13.4. The molecule has 0 spiro atoms. The molecule has 1 aliphatic carbocycles. The summed E-state index contributed by atoms with van der Waals surface area (Å²) in [4.78, 5) is 39.1. The summed E-state index contributed by atoms with van der Waals surface area (Å²) in [7, 11) is 1.54. The van der Waals surface area contributed by atoms with Crippen LogP contribution < -0.4 is 4.74 Å². The molecule has 13 heteroatoms. The lowest BCUT2D eigenvalue weighted by Gasteiger charge is -2.38. The smallest absolute Gasteiger partial charge is 0.434 e. The second-order valence-electron chi connectivity index (χ2n) is 11.9. The molecule has 2 aliphatic heterocycles. The van der Waals surface area contributed by atoms with Crippen molar-refractivity contribution in [2.24, 2.45) is 9.98 Å². The van der Waals surface area contributed by atoms with E-state index in [1.165, 1.54) is 13.4 Å². The van der Waals surface area contributed by atoms with Crippen LogP contribution in [0, 0.1) is 0 Å². The molecule has 0 radical (unpaired) electrons. The van der Waals surface area contributed by atoms with Crippen LogP contribution in [0.4, 0.5) is 13.2 Å². The zero-order valence-corrected chi connectivity index (χ0v) is 25.7. The molecule has 3 aliphatic rings. The highest BCUT2D eigenvalue weighted by Crippen LogP contribution is 2.42. The number of ether oxygens (including phenoxy) is 1. The van der Waals surface area contributed by atoms with Gasteiger partial charge in [-0.3, -0.25) is 4.79 Å². The number of carbonyl (C=O) groups excluding carboxylic acids is 1. The molecule has 45 heavy (non-hydrogen) atoms. The van der Waals surface area contributed by atoms with Crippen molar-refractivity contribution in [3.63, 3.8) is 0 Å². The molecule has 0 atom stereocenters. The molecule has 1 aromatic carbocycles. The van der Waals surface area contributed by atoms with Gasteiger partial charge in [0.15, 0.2) is 17.4 Å². The van der Waals surface area contributed by atoms with E-state index in [1.54, 1.807) is 9.47 Å². The van der Waals surface area contributed by atoms with Crippen molar-refractivity contribution in [2.75, 3.05) is 13.7 Å². The molecule has 236 valence electrons. The van der Waals surface area contributed by atoms with E-state index in [4.69, 9.17) is 9.73 Å². The van der Waals surface area contributed by atoms with Crippen LogP contribution in [0.1, 0.15) is 74.0 Å². The highest BCUT2D eigenvalue weighted by molar-refractivity contribution is 6.05. The first-order valence-electron chi connectivity index (χ1n) is 15.0. The number of amides is 1. The van der Waals surface area contributed by atoms with Crippen molar-refractivity contribution in [2.45, 2.75) is 77.7 Å². The van der Waals surface area contributed by atoms with E-state index in [0.717, 1.165) is 35.9 Å². The van der Waals surface area contributed by atoms with Crippen LogP contribution in [0.3, 0.4) is 0 Å². The number of hydrogen-bond acceptors (Lipinski definition) is 7. The van der Waals surface area contributed by atoms with E-state index in [1.807, 2.05) is 43.9 Å². The average Bonchev–Trinajstić information content (AvgIpc) is 3.77. The van der Waals surface area contributed by atoms with Crippen LogP contribution in [0.2, 0.25) is 0 Å². The minimum absolute atomic E-state index is 0.0645. The van der Waals surface area contributed by atoms with Gasteiger partial charge in [-0.15, -0.1) is 0 Å². The summed E-state index contributed by atoms with van der Waals surface area (Å²) >= 11 is 0. The summed E-state index contributed by atoms with van der Waals surface area (Å²) in [6, 6.07) is 5.60.